The third kappa shape index (κ3) is 6.14. The minimum absolute atomic E-state index is 0.00301. The molecule has 1 aromatic carbocycles. The SMILES string of the molecule is CCOc1ccc(CC(=O)NCCCn2ccc(C)n2)cc1OCC. The molecule has 25 heavy (non-hydrogen) atoms. The number of ether oxygens (including phenoxy) is 2. The second-order valence-corrected chi connectivity index (χ2v) is 5.75. The van der Waals surface area contributed by atoms with Gasteiger partial charge in [0, 0.05) is 19.3 Å². The van der Waals surface area contributed by atoms with E-state index in [1.54, 1.807) is 0 Å². The molecule has 1 N–H and O–H groups in total. The van der Waals surface area contributed by atoms with Gasteiger partial charge in [-0.15, -0.1) is 0 Å². The third-order valence-corrected chi connectivity index (χ3v) is 3.63. The number of hydrogen-bond donors (Lipinski definition) is 1. The molecule has 0 fully saturated rings. The summed E-state index contributed by atoms with van der Waals surface area (Å²) in [5.74, 6) is 1.40. The first-order valence-corrected chi connectivity index (χ1v) is 8.77. The van der Waals surface area contributed by atoms with Gasteiger partial charge in [-0.05, 0) is 51.0 Å². The average molecular weight is 345 g/mol. The Morgan fingerprint density at radius 1 is 1.16 bits per heavy atom. The Morgan fingerprint density at radius 3 is 2.60 bits per heavy atom. The fraction of sp³-hybridized carbons (Fsp3) is 0.474. The van der Waals surface area contributed by atoms with Crippen LogP contribution >= 0.6 is 0 Å². The van der Waals surface area contributed by atoms with E-state index >= 15 is 0 Å². The predicted molar refractivity (Wildman–Crippen MR) is 97.1 cm³/mol. The van der Waals surface area contributed by atoms with Crippen LogP contribution in [0.1, 0.15) is 31.5 Å². The zero-order valence-electron chi connectivity index (χ0n) is 15.2. The summed E-state index contributed by atoms with van der Waals surface area (Å²) in [6.07, 6.45) is 3.13. The molecule has 0 saturated carbocycles. The molecule has 0 unspecified atom stereocenters. The lowest BCUT2D eigenvalue weighted by molar-refractivity contribution is -0.120. The van der Waals surface area contributed by atoms with E-state index < -0.39 is 0 Å². The molecule has 1 heterocycles. The number of amides is 1. The average Bonchev–Trinajstić information content (AvgIpc) is 3.00. The van der Waals surface area contributed by atoms with E-state index in [0.29, 0.717) is 37.7 Å². The molecule has 0 aliphatic carbocycles. The zero-order valence-corrected chi connectivity index (χ0v) is 15.2. The Kier molecular flexibility index (Phi) is 7.32. The van der Waals surface area contributed by atoms with Gasteiger partial charge in [0.15, 0.2) is 11.5 Å². The second kappa shape index (κ2) is 9.71. The Balaban J connectivity index is 1.80. The molecule has 136 valence electrons. The summed E-state index contributed by atoms with van der Waals surface area (Å²) in [6.45, 7) is 8.39. The summed E-state index contributed by atoms with van der Waals surface area (Å²) >= 11 is 0. The van der Waals surface area contributed by atoms with E-state index in [0.717, 1.165) is 24.2 Å². The zero-order chi connectivity index (χ0) is 18.1. The van der Waals surface area contributed by atoms with Crippen molar-refractivity contribution in [3.05, 3.63) is 41.7 Å². The van der Waals surface area contributed by atoms with Crippen LogP contribution in [0.25, 0.3) is 0 Å². The number of hydrogen-bond acceptors (Lipinski definition) is 4. The fourth-order valence-corrected chi connectivity index (χ4v) is 2.51. The standard InChI is InChI=1S/C19H27N3O3/c1-4-24-17-8-7-16(13-18(17)25-5-2)14-19(23)20-10-6-11-22-12-9-15(3)21-22/h7-9,12-13H,4-6,10-11,14H2,1-3H3,(H,20,23). The monoisotopic (exact) mass is 345 g/mol. The molecule has 2 aromatic rings. The lowest BCUT2D eigenvalue weighted by atomic mass is 10.1. The van der Waals surface area contributed by atoms with Gasteiger partial charge in [0.2, 0.25) is 5.91 Å². The molecule has 2 rings (SSSR count). The maximum atomic E-state index is 12.1. The highest BCUT2D eigenvalue weighted by atomic mass is 16.5. The molecule has 0 atom stereocenters. The van der Waals surface area contributed by atoms with Gasteiger partial charge in [0.25, 0.3) is 0 Å². The highest BCUT2D eigenvalue weighted by Crippen LogP contribution is 2.28. The van der Waals surface area contributed by atoms with Gasteiger partial charge in [-0.25, -0.2) is 0 Å². The number of carbonyl (C=O) groups is 1. The molecule has 6 heteroatoms. The number of aryl methyl sites for hydroxylation is 2. The van der Waals surface area contributed by atoms with Crippen LogP contribution in [-0.2, 0) is 17.8 Å². The number of nitrogens with zero attached hydrogens (tertiary/aromatic N) is 2. The van der Waals surface area contributed by atoms with E-state index in [-0.39, 0.29) is 5.91 Å². The van der Waals surface area contributed by atoms with E-state index in [1.807, 2.05) is 55.9 Å². The topological polar surface area (TPSA) is 65.4 Å². The lowest BCUT2D eigenvalue weighted by Gasteiger charge is -2.12. The van der Waals surface area contributed by atoms with E-state index in [4.69, 9.17) is 9.47 Å². The number of benzene rings is 1. The largest absolute Gasteiger partial charge is 0.490 e. The molecule has 0 bridgehead atoms. The van der Waals surface area contributed by atoms with Crippen molar-refractivity contribution in [1.82, 2.24) is 15.1 Å². The van der Waals surface area contributed by atoms with Crippen molar-refractivity contribution in [2.24, 2.45) is 0 Å². The Bertz CT molecular complexity index is 682. The predicted octanol–water partition coefficient (Wildman–Crippen LogP) is 2.74. The minimum Gasteiger partial charge on any atom is -0.490 e. The summed E-state index contributed by atoms with van der Waals surface area (Å²) < 4.78 is 13.0. The van der Waals surface area contributed by atoms with Crippen LogP contribution in [0.15, 0.2) is 30.5 Å². The molecule has 0 saturated heterocycles. The van der Waals surface area contributed by atoms with Gasteiger partial charge < -0.3 is 14.8 Å². The van der Waals surface area contributed by atoms with E-state index in [1.165, 1.54) is 0 Å². The number of nitrogens with one attached hydrogen (secondary N) is 1. The molecular formula is C19H27N3O3. The van der Waals surface area contributed by atoms with Crippen molar-refractivity contribution < 1.29 is 14.3 Å². The highest BCUT2D eigenvalue weighted by Gasteiger charge is 2.09. The summed E-state index contributed by atoms with van der Waals surface area (Å²) in [6, 6.07) is 7.61. The second-order valence-electron chi connectivity index (χ2n) is 5.75. The Hall–Kier alpha value is -2.50. The molecule has 0 aliphatic rings. The van der Waals surface area contributed by atoms with Crippen molar-refractivity contribution in [2.45, 2.75) is 40.2 Å². The summed E-state index contributed by atoms with van der Waals surface area (Å²) in [5, 5.41) is 7.27. The smallest absolute Gasteiger partial charge is 0.224 e. The first kappa shape index (κ1) is 18.8. The summed E-state index contributed by atoms with van der Waals surface area (Å²) in [5.41, 5.74) is 1.91. The van der Waals surface area contributed by atoms with Gasteiger partial charge in [0.05, 0.1) is 25.3 Å². The van der Waals surface area contributed by atoms with Crippen molar-refractivity contribution in [3.63, 3.8) is 0 Å². The maximum Gasteiger partial charge on any atom is 0.224 e. The lowest BCUT2D eigenvalue weighted by Crippen LogP contribution is -2.26. The summed E-state index contributed by atoms with van der Waals surface area (Å²) in [7, 11) is 0. The van der Waals surface area contributed by atoms with Crippen molar-refractivity contribution >= 4 is 5.91 Å². The normalized spacial score (nSPS) is 10.5. The Labute approximate surface area is 149 Å². The molecule has 1 amide bonds. The van der Waals surface area contributed by atoms with E-state index in [9.17, 15) is 4.79 Å². The van der Waals surface area contributed by atoms with Crippen LogP contribution in [-0.4, -0.2) is 35.4 Å². The number of carbonyl (C=O) groups excluding carboxylic acids is 1. The first-order chi connectivity index (χ1) is 12.1. The van der Waals surface area contributed by atoms with Crippen LogP contribution in [0.3, 0.4) is 0 Å². The van der Waals surface area contributed by atoms with Gasteiger partial charge in [-0.1, -0.05) is 6.07 Å². The highest BCUT2D eigenvalue weighted by molar-refractivity contribution is 5.78. The molecule has 6 nitrogen and oxygen atoms in total. The molecule has 0 aliphatic heterocycles. The van der Waals surface area contributed by atoms with Gasteiger partial charge in [0.1, 0.15) is 0 Å². The van der Waals surface area contributed by atoms with E-state index in [2.05, 4.69) is 10.4 Å². The van der Waals surface area contributed by atoms with Crippen molar-refractivity contribution in [2.75, 3.05) is 19.8 Å². The van der Waals surface area contributed by atoms with Gasteiger partial charge in [-0.3, -0.25) is 9.48 Å². The van der Waals surface area contributed by atoms with Crippen LogP contribution in [0.5, 0.6) is 11.5 Å². The Morgan fingerprint density at radius 2 is 1.92 bits per heavy atom. The first-order valence-electron chi connectivity index (χ1n) is 8.77. The summed E-state index contributed by atoms with van der Waals surface area (Å²) in [4.78, 5) is 12.1. The van der Waals surface area contributed by atoms with Crippen LogP contribution in [0, 0.1) is 6.92 Å². The van der Waals surface area contributed by atoms with Crippen LogP contribution in [0.2, 0.25) is 0 Å². The third-order valence-electron chi connectivity index (χ3n) is 3.63. The van der Waals surface area contributed by atoms with Gasteiger partial charge in [-0.2, -0.15) is 5.10 Å². The van der Waals surface area contributed by atoms with Gasteiger partial charge >= 0.3 is 0 Å². The van der Waals surface area contributed by atoms with Crippen molar-refractivity contribution in [3.8, 4) is 11.5 Å². The molecule has 0 radical (unpaired) electrons. The molecule has 0 spiro atoms. The number of rotatable bonds is 10. The van der Waals surface area contributed by atoms with Crippen LogP contribution < -0.4 is 14.8 Å². The van der Waals surface area contributed by atoms with Crippen LogP contribution in [0.4, 0.5) is 0 Å². The van der Waals surface area contributed by atoms with Crippen molar-refractivity contribution in [1.29, 1.82) is 0 Å². The molecular weight excluding hydrogens is 318 g/mol. The molecule has 1 aromatic heterocycles. The fourth-order valence-electron chi connectivity index (χ4n) is 2.51. The number of aromatic nitrogens is 2. The quantitative estimate of drug-likeness (QED) is 0.673. The maximum absolute atomic E-state index is 12.1. The minimum atomic E-state index is 0.00301.